The molecule has 0 spiro atoms. The molecule has 1 aliphatic heterocycles. The Hall–Kier alpha value is -2.56. The highest BCUT2D eigenvalue weighted by Crippen LogP contribution is 2.24. The molecule has 0 bridgehead atoms. The van der Waals surface area contributed by atoms with E-state index in [2.05, 4.69) is 44.8 Å². The molecule has 0 radical (unpaired) electrons. The summed E-state index contributed by atoms with van der Waals surface area (Å²) in [5.74, 6) is 0.685. The summed E-state index contributed by atoms with van der Waals surface area (Å²) < 4.78 is 0. The summed E-state index contributed by atoms with van der Waals surface area (Å²) in [5, 5.41) is 6.43. The normalized spacial score (nSPS) is 17.5. The molecular formula is C21H26N4O. The van der Waals surface area contributed by atoms with Gasteiger partial charge in [-0.25, -0.2) is 4.98 Å². The first-order valence-corrected chi connectivity index (χ1v) is 9.67. The minimum absolute atomic E-state index is 0.00766. The summed E-state index contributed by atoms with van der Waals surface area (Å²) in [6.45, 7) is 2.29. The van der Waals surface area contributed by atoms with Crippen LogP contribution in [0.25, 0.3) is 0 Å². The van der Waals surface area contributed by atoms with Crippen molar-refractivity contribution in [2.24, 2.45) is 0 Å². The predicted octanol–water partition coefficient (Wildman–Crippen LogP) is 4.10. The van der Waals surface area contributed by atoms with Crippen LogP contribution in [-0.2, 0) is 0 Å². The molecule has 2 aliphatic rings. The molecule has 5 heteroatoms. The van der Waals surface area contributed by atoms with E-state index in [4.69, 9.17) is 0 Å². The second kappa shape index (κ2) is 7.77. The van der Waals surface area contributed by atoms with Crippen molar-refractivity contribution in [1.29, 1.82) is 0 Å². The van der Waals surface area contributed by atoms with Crippen LogP contribution in [0.5, 0.6) is 0 Å². The van der Waals surface area contributed by atoms with Gasteiger partial charge in [0.25, 0.3) is 5.91 Å². The molecule has 2 aromatic rings. The molecule has 0 atom stereocenters. The third kappa shape index (κ3) is 3.98. The van der Waals surface area contributed by atoms with Gasteiger partial charge in [0.15, 0.2) is 0 Å². The van der Waals surface area contributed by atoms with Crippen molar-refractivity contribution in [3.63, 3.8) is 0 Å². The van der Waals surface area contributed by atoms with E-state index in [0.717, 1.165) is 31.6 Å². The summed E-state index contributed by atoms with van der Waals surface area (Å²) >= 11 is 0. The lowest BCUT2D eigenvalue weighted by atomic mass is 10.2. The van der Waals surface area contributed by atoms with E-state index in [1.54, 1.807) is 12.3 Å². The van der Waals surface area contributed by atoms with E-state index in [9.17, 15) is 4.79 Å². The van der Waals surface area contributed by atoms with Crippen molar-refractivity contribution in [1.82, 2.24) is 10.3 Å². The summed E-state index contributed by atoms with van der Waals surface area (Å²) in [7, 11) is 0. The monoisotopic (exact) mass is 350 g/mol. The standard InChI is InChI=1S/C21H26N4O/c26-21(24-17-5-1-2-6-17)16-11-12-22-20(15-16)23-18-7-9-19(10-8-18)25-13-3-4-14-25/h7-12,15,17H,1-6,13-14H2,(H,22,23)(H,24,26). The topological polar surface area (TPSA) is 57.3 Å². The molecule has 4 rings (SSSR count). The molecule has 26 heavy (non-hydrogen) atoms. The van der Waals surface area contributed by atoms with Crippen LogP contribution < -0.4 is 15.5 Å². The Bertz CT molecular complexity index is 747. The first-order valence-electron chi connectivity index (χ1n) is 9.67. The van der Waals surface area contributed by atoms with E-state index in [1.807, 2.05) is 6.07 Å². The van der Waals surface area contributed by atoms with Crippen LogP contribution in [0.2, 0.25) is 0 Å². The van der Waals surface area contributed by atoms with Crippen molar-refractivity contribution in [2.75, 3.05) is 23.3 Å². The van der Waals surface area contributed by atoms with Gasteiger partial charge in [-0.05, 0) is 62.1 Å². The van der Waals surface area contributed by atoms with Crippen LogP contribution >= 0.6 is 0 Å². The second-order valence-electron chi connectivity index (χ2n) is 7.25. The van der Waals surface area contributed by atoms with Gasteiger partial charge in [0, 0.05) is 42.3 Å². The highest BCUT2D eigenvalue weighted by atomic mass is 16.1. The summed E-state index contributed by atoms with van der Waals surface area (Å²) in [5.41, 5.74) is 2.91. The number of nitrogens with zero attached hydrogens (tertiary/aromatic N) is 2. The van der Waals surface area contributed by atoms with Crippen LogP contribution in [0.1, 0.15) is 48.9 Å². The third-order valence-electron chi connectivity index (χ3n) is 5.32. The summed E-state index contributed by atoms with van der Waals surface area (Å²) in [6.07, 6.45) is 8.84. The Morgan fingerprint density at radius 3 is 2.46 bits per heavy atom. The molecule has 2 N–H and O–H groups in total. The Kier molecular flexibility index (Phi) is 5.04. The molecular weight excluding hydrogens is 324 g/mol. The van der Waals surface area contributed by atoms with Crippen LogP contribution in [0.3, 0.4) is 0 Å². The minimum Gasteiger partial charge on any atom is -0.372 e. The van der Waals surface area contributed by atoms with E-state index < -0.39 is 0 Å². The molecule has 1 aliphatic carbocycles. The van der Waals surface area contributed by atoms with Gasteiger partial charge in [-0.3, -0.25) is 4.79 Å². The lowest BCUT2D eigenvalue weighted by Crippen LogP contribution is -2.32. The van der Waals surface area contributed by atoms with Crippen molar-refractivity contribution < 1.29 is 4.79 Å². The van der Waals surface area contributed by atoms with E-state index >= 15 is 0 Å². The van der Waals surface area contributed by atoms with Gasteiger partial charge in [-0.2, -0.15) is 0 Å². The fraction of sp³-hybridized carbons (Fsp3) is 0.429. The van der Waals surface area contributed by atoms with Crippen molar-refractivity contribution in [3.8, 4) is 0 Å². The summed E-state index contributed by atoms with van der Waals surface area (Å²) in [4.78, 5) is 19.2. The zero-order valence-corrected chi connectivity index (χ0v) is 15.1. The zero-order valence-electron chi connectivity index (χ0n) is 15.1. The average Bonchev–Trinajstić information content (AvgIpc) is 3.36. The Morgan fingerprint density at radius 1 is 1.00 bits per heavy atom. The van der Waals surface area contributed by atoms with Crippen LogP contribution in [-0.4, -0.2) is 30.0 Å². The lowest BCUT2D eigenvalue weighted by molar-refractivity contribution is 0.0938. The molecule has 1 saturated carbocycles. The van der Waals surface area contributed by atoms with Gasteiger partial charge in [-0.1, -0.05) is 12.8 Å². The van der Waals surface area contributed by atoms with Crippen LogP contribution in [0.4, 0.5) is 17.2 Å². The van der Waals surface area contributed by atoms with Crippen LogP contribution in [0.15, 0.2) is 42.6 Å². The number of benzene rings is 1. The number of rotatable bonds is 5. The highest BCUT2D eigenvalue weighted by molar-refractivity contribution is 5.95. The number of carbonyl (C=O) groups is 1. The van der Waals surface area contributed by atoms with Gasteiger partial charge < -0.3 is 15.5 Å². The molecule has 136 valence electrons. The Labute approximate surface area is 154 Å². The number of nitrogens with one attached hydrogen (secondary N) is 2. The number of hydrogen-bond donors (Lipinski definition) is 2. The maximum Gasteiger partial charge on any atom is 0.251 e. The summed E-state index contributed by atoms with van der Waals surface area (Å²) in [6, 6.07) is 12.3. The van der Waals surface area contributed by atoms with Crippen molar-refractivity contribution >= 4 is 23.1 Å². The molecule has 5 nitrogen and oxygen atoms in total. The number of pyridine rings is 1. The largest absolute Gasteiger partial charge is 0.372 e. The average molecular weight is 350 g/mol. The molecule has 1 saturated heterocycles. The second-order valence-corrected chi connectivity index (χ2v) is 7.25. The minimum atomic E-state index is -0.00766. The number of anilines is 3. The third-order valence-corrected chi connectivity index (χ3v) is 5.32. The SMILES string of the molecule is O=C(NC1CCCC1)c1ccnc(Nc2ccc(N3CCCC3)cc2)c1. The molecule has 2 heterocycles. The van der Waals surface area contributed by atoms with Gasteiger partial charge in [0.2, 0.25) is 0 Å². The maximum atomic E-state index is 12.4. The number of hydrogen-bond acceptors (Lipinski definition) is 4. The quantitative estimate of drug-likeness (QED) is 0.852. The molecule has 0 unspecified atom stereocenters. The maximum absolute atomic E-state index is 12.4. The predicted molar refractivity (Wildman–Crippen MR) is 105 cm³/mol. The number of aromatic nitrogens is 1. The van der Waals surface area contributed by atoms with E-state index in [-0.39, 0.29) is 5.91 Å². The molecule has 1 aromatic heterocycles. The number of amides is 1. The smallest absolute Gasteiger partial charge is 0.251 e. The van der Waals surface area contributed by atoms with Crippen LogP contribution in [0, 0.1) is 0 Å². The van der Waals surface area contributed by atoms with Crippen molar-refractivity contribution in [2.45, 2.75) is 44.6 Å². The lowest BCUT2D eigenvalue weighted by Gasteiger charge is -2.18. The van der Waals surface area contributed by atoms with Gasteiger partial charge in [-0.15, -0.1) is 0 Å². The Morgan fingerprint density at radius 2 is 1.73 bits per heavy atom. The fourth-order valence-electron chi connectivity index (χ4n) is 3.86. The number of carbonyl (C=O) groups excluding carboxylic acids is 1. The van der Waals surface area contributed by atoms with Gasteiger partial charge in [0.1, 0.15) is 5.82 Å². The van der Waals surface area contributed by atoms with Crippen molar-refractivity contribution in [3.05, 3.63) is 48.2 Å². The molecule has 2 fully saturated rings. The molecule has 1 amide bonds. The fourth-order valence-corrected chi connectivity index (χ4v) is 3.86. The highest BCUT2D eigenvalue weighted by Gasteiger charge is 2.18. The first-order chi connectivity index (χ1) is 12.8. The Balaban J connectivity index is 1.40. The zero-order chi connectivity index (χ0) is 17.8. The van der Waals surface area contributed by atoms with Gasteiger partial charge >= 0.3 is 0 Å². The molecule has 1 aromatic carbocycles. The van der Waals surface area contributed by atoms with E-state index in [1.165, 1.54) is 31.4 Å². The first kappa shape index (κ1) is 16.9. The van der Waals surface area contributed by atoms with Gasteiger partial charge in [0.05, 0.1) is 0 Å². The van der Waals surface area contributed by atoms with E-state index in [0.29, 0.717) is 17.4 Å².